The number of halogens is 1. The maximum atomic E-state index is 10.1. The van der Waals surface area contributed by atoms with E-state index in [-0.39, 0.29) is 12.2 Å². The summed E-state index contributed by atoms with van der Waals surface area (Å²) in [5.74, 6) is 1.51. The molecule has 1 fully saturated rings. The third kappa shape index (κ3) is 1.76. The molecule has 3 rings (SSSR count). The Balaban J connectivity index is 1.88. The average molecular weight is 283 g/mol. The van der Waals surface area contributed by atoms with Crippen LogP contribution in [-0.2, 0) is 0 Å². The molecule has 3 heteroatoms. The molecule has 0 saturated heterocycles. The fourth-order valence-electron chi connectivity index (χ4n) is 2.54. The smallest absolute Gasteiger partial charge is 0.126 e. The molecule has 1 aromatic rings. The van der Waals surface area contributed by atoms with Crippen molar-refractivity contribution in [3.63, 3.8) is 0 Å². The lowest BCUT2D eigenvalue weighted by molar-refractivity contribution is 0.0105. The van der Waals surface area contributed by atoms with Gasteiger partial charge in [-0.2, -0.15) is 0 Å². The zero-order valence-corrected chi connectivity index (χ0v) is 10.6. The molecule has 0 spiro atoms. The highest BCUT2D eigenvalue weighted by molar-refractivity contribution is 9.10. The van der Waals surface area contributed by atoms with Crippen molar-refractivity contribution in [2.45, 2.75) is 37.9 Å². The number of rotatable bonds is 1. The highest BCUT2D eigenvalue weighted by Gasteiger charge is 2.35. The lowest BCUT2D eigenvalue weighted by Crippen LogP contribution is -2.36. The van der Waals surface area contributed by atoms with Crippen molar-refractivity contribution in [1.82, 2.24) is 0 Å². The zero-order chi connectivity index (χ0) is 11.1. The summed E-state index contributed by atoms with van der Waals surface area (Å²) in [5.41, 5.74) is 0.929. The van der Waals surface area contributed by atoms with Crippen molar-refractivity contribution in [2.24, 2.45) is 5.92 Å². The van der Waals surface area contributed by atoms with E-state index in [1.165, 1.54) is 19.3 Å². The number of hydrogen-bond acceptors (Lipinski definition) is 2. The Hall–Kier alpha value is -0.540. The van der Waals surface area contributed by atoms with E-state index < -0.39 is 0 Å². The van der Waals surface area contributed by atoms with Gasteiger partial charge in [-0.25, -0.2) is 0 Å². The fraction of sp³-hybridized carbons (Fsp3) is 0.538. The third-order valence-corrected chi connectivity index (χ3v) is 4.24. The first kappa shape index (κ1) is 10.6. The van der Waals surface area contributed by atoms with Gasteiger partial charge in [-0.15, -0.1) is 0 Å². The van der Waals surface area contributed by atoms with E-state index in [2.05, 4.69) is 15.9 Å². The van der Waals surface area contributed by atoms with Crippen LogP contribution in [-0.4, -0.2) is 11.2 Å². The van der Waals surface area contributed by atoms with Crippen LogP contribution in [0.4, 0.5) is 0 Å². The van der Waals surface area contributed by atoms with Gasteiger partial charge in [0.2, 0.25) is 0 Å². The number of aliphatic hydroxyl groups excluding tert-OH is 1. The van der Waals surface area contributed by atoms with Crippen molar-refractivity contribution in [1.29, 1.82) is 0 Å². The molecule has 86 valence electrons. The largest absolute Gasteiger partial charge is 0.490 e. The monoisotopic (exact) mass is 282 g/mol. The van der Waals surface area contributed by atoms with Crippen LogP contribution >= 0.6 is 15.9 Å². The van der Waals surface area contributed by atoms with E-state index in [0.717, 1.165) is 22.2 Å². The van der Waals surface area contributed by atoms with Gasteiger partial charge < -0.3 is 9.84 Å². The van der Waals surface area contributed by atoms with Crippen LogP contribution < -0.4 is 4.74 Å². The molecule has 1 saturated carbocycles. The van der Waals surface area contributed by atoms with Gasteiger partial charge in [0.15, 0.2) is 0 Å². The van der Waals surface area contributed by atoms with E-state index in [1.807, 2.05) is 18.2 Å². The van der Waals surface area contributed by atoms with Gasteiger partial charge in [-0.3, -0.25) is 0 Å². The van der Waals surface area contributed by atoms with E-state index in [1.54, 1.807) is 0 Å². The number of aliphatic hydroxyl groups is 1. The molecule has 1 aliphatic heterocycles. The van der Waals surface area contributed by atoms with E-state index in [4.69, 9.17) is 4.74 Å². The molecular weight excluding hydrogens is 268 g/mol. The fourth-order valence-corrected chi connectivity index (χ4v) is 2.88. The normalized spacial score (nSPS) is 29.1. The average Bonchev–Trinajstić information content (AvgIpc) is 2.13. The summed E-state index contributed by atoms with van der Waals surface area (Å²) in [6.45, 7) is 0. The minimum atomic E-state index is -0.359. The molecule has 1 N–H and O–H groups in total. The molecule has 1 aromatic carbocycles. The van der Waals surface area contributed by atoms with Gasteiger partial charge in [-0.05, 0) is 30.9 Å². The lowest BCUT2D eigenvalue weighted by Gasteiger charge is -2.38. The molecule has 0 amide bonds. The van der Waals surface area contributed by atoms with Crippen LogP contribution in [0.5, 0.6) is 5.75 Å². The van der Waals surface area contributed by atoms with E-state index >= 15 is 0 Å². The Morgan fingerprint density at radius 3 is 2.81 bits per heavy atom. The zero-order valence-electron chi connectivity index (χ0n) is 9.03. The Kier molecular flexibility index (Phi) is 2.68. The predicted octanol–water partition coefficient (Wildman–Crippen LogP) is 3.43. The van der Waals surface area contributed by atoms with Gasteiger partial charge in [-0.1, -0.05) is 28.4 Å². The van der Waals surface area contributed by atoms with Crippen LogP contribution in [0.15, 0.2) is 22.7 Å². The molecule has 2 nitrogen and oxygen atoms in total. The second-order valence-electron chi connectivity index (χ2n) is 4.78. The summed E-state index contributed by atoms with van der Waals surface area (Å²) in [4.78, 5) is 0. The SMILES string of the molecule is O[C@H]1CC(C2CCC2)Oc2cc(Br)ccc21. The predicted molar refractivity (Wildman–Crippen MR) is 65.5 cm³/mol. The maximum Gasteiger partial charge on any atom is 0.126 e. The maximum absolute atomic E-state index is 10.1. The summed E-state index contributed by atoms with van der Waals surface area (Å²) >= 11 is 3.44. The first-order valence-electron chi connectivity index (χ1n) is 5.88. The van der Waals surface area contributed by atoms with Crippen LogP contribution in [0.2, 0.25) is 0 Å². The Labute approximate surface area is 104 Å². The van der Waals surface area contributed by atoms with Crippen LogP contribution in [0.3, 0.4) is 0 Å². The van der Waals surface area contributed by atoms with Gasteiger partial charge in [0.25, 0.3) is 0 Å². The standard InChI is InChI=1S/C13H15BrO2/c14-9-4-5-10-11(15)7-12(8-2-1-3-8)16-13(10)6-9/h4-6,8,11-12,15H,1-3,7H2/t11-,12?/m0/s1. The molecule has 2 atom stereocenters. The topological polar surface area (TPSA) is 29.5 Å². The number of ether oxygens (including phenoxy) is 1. The number of benzene rings is 1. The molecule has 16 heavy (non-hydrogen) atoms. The van der Waals surface area contributed by atoms with Crippen LogP contribution in [0, 0.1) is 5.92 Å². The molecule has 1 heterocycles. The molecule has 0 radical (unpaired) electrons. The third-order valence-electron chi connectivity index (χ3n) is 3.74. The second-order valence-corrected chi connectivity index (χ2v) is 5.70. The van der Waals surface area contributed by atoms with Crippen LogP contribution in [0.25, 0.3) is 0 Å². The first-order valence-corrected chi connectivity index (χ1v) is 6.67. The molecule has 2 aliphatic rings. The van der Waals surface area contributed by atoms with Crippen LogP contribution in [0.1, 0.15) is 37.4 Å². The van der Waals surface area contributed by atoms with Gasteiger partial charge in [0.05, 0.1) is 6.10 Å². The van der Waals surface area contributed by atoms with Gasteiger partial charge in [0, 0.05) is 16.5 Å². The highest BCUT2D eigenvalue weighted by Crippen LogP contribution is 2.42. The summed E-state index contributed by atoms with van der Waals surface area (Å²) in [6, 6.07) is 5.86. The van der Waals surface area contributed by atoms with Gasteiger partial charge >= 0.3 is 0 Å². The molecule has 1 unspecified atom stereocenters. The Bertz CT molecular complexity index is 401. The molecule has 0 bridgehead atoms. The summed E-state index contributed by atoms with van der Waals surface area (Å²) in [7, 11) is 0. The Morgan fingerprint density at radius 2 is 2.12 bits per heavy atom. The highest BCUT2D eigenvalue weighted by atomic mass is 79.9. The quantitative estimate of drug-likeness (QED) is 0.855. The van der Waals surface area contributed by atoms with Crippen molar-refractivity contribution in [3.8, 4) is 5.75 Å². The van der Waals surface area contributed by atoms with E-state index in [0.29, 0.717) is 5.92 Å². The molecule has 1 aliphatic carbocycles. The number of hydrogen-bond donors (Lipinski definition) is 1. The first-order chi connectivity index (χ1) is 7.74. The van der Waals surface area contributed by atoms with E-state index in [9.17, 15) is 5.11 Å². The lowest BCUT2D eigenvalue weighted by atomic mass is 9.78. The Morgan fingerprint density at radius 1 is 1.31 bits per heavy atom. The number of fused-ring (bicyclic) bond motifs is 1. The van der Waals surface area contributed by atoms with Crippen molar-refractivity contribution >= 4 is 15.9 Å². The summed E-state index contributed by atoms with van der Waals surface area (Å²) < 4.78 is 7.00. The minimum Gasteiger partial charge on any atom is -0.490 e. The summed E-state index contributed by atoms with van der Waals surface area (Å²) in [5, 5.41) is 10.1. The summed E-state index contributed by atoms with van der Waals surface area (Å²) in [6.07, 6.45) is 4.42. The van der Waals surface area contributed by atoms with Crippen molar-refractivity contribution in [3.05, 3.63) is 28.2 Å². The van der Waals surface area contributed by atoms with Gasteiger partial charge in [0.1, 0.15) is 11.9 Å². The van der Waals surface area contributed by atoms with Crippen molar-refractivity contribution < 1.29 is 9.84 Å². The minimum absolute atomic E-state index is 0.213. The molecule has 0 aromatic heterocycles. The molecular formula is C13H15BrO2. The van der Waals surface area contributed by atoms with Crippen molar-refractivity contribution in [2.75, 3.05) is 0 Å². The second kappa shape index (κ2) is 4.04.